The summed E-state index contributed by atoms with van der Waals surface area (Å²) in [6, 6.07) is 2.72. The molecule has 20 heavy (non-hydrogen) atoms. The van der Waals surface area contributed by atoms with Gasteiger partial charge in [-0.3, -0.25) is 4.79 Å². The molecule has 1 aliphatic rings. The van der Waals surface area contributed by atoms with Gasteiger partial charge < -0.3 is 20.5 Å². The minimum absolute atomic E-state index is 0.228. The van der Waals surface area contributed by atoms with Crippen LogP contribution in [0.15, 0.2) is 12.1 Å². The molecule has 0 fully saturated rings. The summed E-state index contributed by atoms with van der Waals surface area (Å²) in [7, 11) is 1.67. The molecule has 1 atom stereocenters. The lowest BCUT2D eigenvalue weighted by Crippen LogP contribution is -2.25. The molecule has 1 unspecified atom stereocenters. The lowest BCUT2D eigenvalue weighted by molar-refractivity contribution is -0.116. The zero-order valence-corrected chi connectivity index (χ0v) is 12.6. The van der Waals surface area contributed by atoms with Gasteiger partial charge in [0.2, 0.25) is 5.91 Å². The van der Waals surface area contributed by atoms with Gasteiger partial charge in [-0.25, -0.2) is 0 Å². The molecule has 0 spiro atoms. The Morgan fingerprint density at radius 1 is 1.45 bits per heavy atom. The Morgan fingerprint density at radius 2 is 2.15 bits per heavy atom. The third kappa shape index (κ3) is 3.06. The summed E-state index contributed by atoms with van der Waals surface area (Å²) in [4.78, 5) is 11.5. The van der Waals surface area contributed by atoms with Crippen LogP contribution in [0.1, 0.15) is 31.9 Å². The molecule has 1 aromatic rings. The van der Waals surface area contributed by atoms with E-state index in [-0.39, 0.29) is 11.5 Å². The van der Waals surface area contributed by atoms with Crippen LogP contribution in [0.3, 0.4) is 0 Å². The molecular weight excluding hydrogens is 280 g/mol. The van der Waals surface area contributed by atoms with Crippen molar-refractivity contribution in [2.45, 2.75) is 31.9 Å². The summed E-state index contributed by atoms with van der Waals surface area (Å²) in [5, 5.41) is 3.16. The summed E-state index contributed by atoms with van der Waals surface area (Å²) in [5.41, 5.74) is 6.86. The maximum absolute atomic E-state index is 11.5. The first kappa shape index (κ1) is 15.1. The lowest BCUT2D eigenvalue weighted by Gasteiger charge is -2.22. The van der Waals surface area contributed by atoms with Gasteiger partial charge >= 0.3 is 0 Å². The van der Waals surface area contributed by atoms with Crippen LogP contribution in [-0.2, 0) is 9.53 Å². The minimum atomic E-state index is -0.663. The number of rotatable bonds is 5. The topological polar surface area (TPSA) is 73.6 Å². The molecule has 6 heteroatoms. The Balaban J connectivity index is 2.08. The van der Waals surface area contributed by atoms with Crippen LogP contribution in [0, 0.1) is 0 Å². The van der Waals surface area contributed by atoms with Crippen LogP contribution in [0.4, 0.5) is 5.69 Å². The first-order valence-corrected chi connectivity index (χ1v) is 6.80. The van der Waals surface area contributed by atoms with Crippen LogP contribution >= 0.6 is 11.6 Å². The predicted octanol–water partition coefficient (Wildman–Crippen LogP) is 2.49. The van der Waals surface area contributed by atoms with Gasteiger partial charge in [-0.1, -0.05) is 11.6 Å². The number of fused-ring (bicyclic) bond motifs is 1. The van der Waals surface area contributed by atoms with E-state index in [1.807, 2.05) is 13.8 Å². The molecule has 0 bridgehead atoms. The molecular formula is C14H19ClN2O3. The highest BCUT2D eigenvalue weighted by molar-refractivity contribution is 6.32. The van der Waals surface area contributed by atoms with Crippen LogP contribution in [0.5, 0.6) is 5.75 Å². The number of methoxy groups -OCH3 is 1. The van der Waals surface area contributed by atoms with E-state index in [9.17, 15) is 4.79 Å². The molecule has 1 amide bonds. The lowest BCUT2D eigenvalue weighted by atomic mass is 10.1. The molecule has 0 saturated heterocycles. The zero-order valence-electron chi connectivity index (χ0n) is 11.8. The van der Waals surface area contributed by atoms with Gasteiger partial charge in [0.15, 0.2) is 0 Å². The van der Waals surface area contributed by atoms with Crippen molar-refractivity contribution in [3.63, 3.8) is 0 Å². The van der Waals surface area contributed by atoms with Crippen molar-refractivity contribution in [3.05, 3.63) is 22.7 Å². The van der Waals surface area contributed by atoms with Gasteiger partial charge in [-0.15, -0.1) is 0 Å². The quantitative estimate of drug-likeness (QED) is 0.876. The van der Waals surface area contributed by atoms with Crippen molar-refractivity contribution in [1.29, 1.82) is 0 Å². The standard InChI is InChI=1S/C14H19ClN2O3/c1-14(2,19-3)4-5-20-11-7-10-8(6-9(11)15)12(16)13(18)17-10/h6-7,12H,4-5,16H2,1-3H3,(H,17,18). The van der Waals surface area contributed by atoms with E-state index in [0.717, 1.165) is 6.42 Å². The summed E-state index contributed by atoms with van der Waals surface area (Å²) in [5.74, 6) is 0.306. The molecule has 3 N–H and O–H groups in total. The first-order valence-electron chi connectivity index (χ1n) is 6.42. The Morgan fingerprint density at radius 3 is 2.80 bits per heavy atom. The maximum Gasteiger partial charge on any atom is 0.245 e. The third-order valence-electron chi connectivity index (χ3n) is 3.49. The number of benzene rings is 1. The highest BCUT2D eigenvalue weighted by atomic mass is 35.5. The number of nitrogens with two attached hydrogens (primary N) is 1. The summed E-state index contributed by atoms with van der Waals surface area (Å²) in [6.07, 6.45) is 0.725. The molecule has 1 aliphatic heterocycles. The summed E-state index contributed by atoms with van der Waals surface area (Å²) in [6.45, 7) is 4.44. The van der Waals surface area contributed by atoms with E-state index in [1.54, 1.807) is 19.2 Å². The fourth-order valence-corrected chi connectivity index (χ4v) is 2.13. The average Bonchev–Trinajstić information content (AvgIpc) is 2.66. The second-order valence-corrected chi connectivity index (χ2v) is 5.81. The molecule has 0 saturated carbocycles. The SMILES string of the molecule is COC(C)(C)CCOc1cc2c(cc1Cl)C(N)C(=O)N2. The van der Waals surface area contributed by atoms with E-state index in [4.69, 9.17) is 26.8 Å². The number of amides is 1. The Labute approximate surface area is 123 Å². The Kier molecular flexibility index (Phi) is 4.22. The highest BCUT2D eigenvalue weighted by Gasteiger charge is 2.28. The smallest absolute Gasteiger partial charge is 0.245 e. The third-order valence-corrected chi connectivity index (χ3v) is 3.79. The molecule has 110 valence electrons. The average molecular weight is 299 g/mol. The Bertz CT molecular complexity index is 531. The van der Waals surface area contributed by atoms with Gasteiger partial charge in [0.25, 0.3) is 0 Å². The number of carbonyl (C=O) groups is 1. The highest BCUT2D eigenvalue weighted by Crippen LogP contribution is 2.37. The van der Waals surface area contributed by atoms with Crippen molar-refractivity contribution in [1.82, 2.24) is 0 Å². The van der Waals surface area contributed by atoms with Crippen LogP contribution in [-0.4, -0.2) is 25.2 Å². The number of ether oxygens (including phenoxy) is 2. The fraction of sp³-hybridized carbons (Fsp3) is 0.500. The molecule has 0 radical (unpaired) electrons. The number of hydrogen-bond acceptors (Lipinski definition) is 4. The summed E-state index contributed by atoms with van der Waals surface area (Å²) >= 11 is 6.15. The van der Waals surface area contributed by atoms with Crippen molar-refractivity contribution < 1.29 is 14.3 Å². The van der Waals surface area contributed by atoms with Crippen LogP contribution < -0.4 is 15.8 Å². The largest absolute Gasteiger partial charge is 0.492 e. The second kappa shape index (κ2) is 5.60. The predicted molar refractivity (Wildman–Crippen MR) is 78.2 cm³/mol. The molecule has 1 aromatic carbocycles. The number of carbonyl (C=O) groups excluding carboxylic acids is 1. The van der Waals surface area contributed by atoms with Crippen molar-refractivity contribution in [2.75, 3.05) is 19.0 Å². The van der Waals surface area contributed by atoms with Gasteiger partial charge in [0.1, 0.15) is 11.8 Å². The minimum Gasteiger partial charge on any atom is -0.492 e. The number of anilines is 1. The van der Waals surface area contributed by atoms with E-state index in [0.29, 0.717) is 28.6 Å². The zero-order chi connectivity index (χ0) is 14.9. The molecule has 0 aromatic heterocycles. The van der Waals surface area contributed by atoms with Crippen LogP contribution in [0.2, 0.25) is 5.02 Å². The van der Waals surface area contributed by atoms with E-state index < -0.39 is 6.04 Å². The normalized spacial score (nSPS) is 17.9. The fourth-order valence-electron chi connectivity index (χ4n) is 1.91. The molecule has 0 aliphatic carbocycles. The molecule has 1 heterocycles. The maximum atomic E-state index is 11.5. The monoisotopic (exact) mass is 298 g/mol. The second-order valence-electron chi connectivity index (χ2n) is 5.40. The molecule has 2 rings (SSSR count). The number of hydrogen-bond donors (Lipinski definition) is 2. The first-order chi connectivity index (χ1) is 9.34. The Hall–Kier alpha value is -1.30. The van der Waals surface area contributed by atoms with E-state index in [1.165, 1.54) is 0 Å². The van der Waals surface area contributed by atoms with Gasteiger partial charge in [0, 0.05) is 30.8 Å². The van der Waals surface area contributed by atoms with Crippen molar-refractivity contribution in [2.24, 2.45) is 5.73 Å². The van der Waals surface area contributed by atoms with Gasteiger partial charge in [0.05, 0.1) is 17.2 Å². The van der Waals surface area contributed by atoms with Gasteiger partial charge in [-0.2, -0.15) is 0 Å². The van der Waals surface area contributed by atoms with E-state index in [2.05, 4.69) is 5.32 Å². The van der Waals surface area contributed by atoms with Crippen molar-refractivity contribution in [3.8, 4) is 5.75 Å². The number of halogens is 1. The van der Waals surface area contributed by atoms with Crippen molar-refractivity contribution >= 4 is 23.2 Å². The molecule has 5 nitrogen and oxygen atoms in total. The number of nitrogens with one attached hydrogen (secondary N) is 1. The van der Waals surface area contributed by atoms with E-state index >= 15 is 0 Å². The van der Waals surface area contributed by atoms with Gasteiger partial charge in [-0.05, 0) is 19.9 Å². The summed E-state index contributed by atoms with van der Waals surface area (Å²) < 4.78 is 11.0. The van der Waals surface area contributed by atoms with Crippen LogP contribution in [0.25, 0.3) is 0 Å².